The molecule has 0 radical (unpaired) electrons. The van der Waals surface area contributed by atoms with Crippen molar-refractivity contribution >= 4 is 11.8 Å². The summed E-state index contributed by atoms with van der Waals surface area (Å²) < 4.78 is 15.6. The summed E-state index contributed by atoms with van der Waals surface area (Å²) in [5, 5.41) is 15.1. The van der Waals surface area contributed by atoms with Gasteiger partial charge in [0, 0.05) is 25.9 Å². The minimum Gasteiger partial charge on any atom is -0.504 e. The van der Waals surface area contributed by atoms with Crippen LogP contribution in [0.2, 0.25) is 0 Å². The molecule has 0 saturated heterocycles. The lowest BCUT2D eigenvalue weighted by atomic mass is 10.2. The van der Waals surface area contributed by atoms with E-state index < -0.39 is 0 Å². The van der Waals surface area contributed by atoms with Gasteiger partial charge in [0.25, 0.3) is 0 Å². The fourth-order valence-electron chi connectivity index (χ4n) is 2.69. The molecule has 1 aliphatic rings. The van der Waals surface area contributed by atoms with Crippen molar-refractivity contribution in [1.29, 1.82) is 0 Å². The molecular weight excluding hydrogens is 424 g/mol. The van der Waals surface area contributed by atoms with Crippen LogP contribution in [0.3, 0.4) is 0 Å². The maximum absolute atomic E-state index is 12.0. The highest BCUT2D eigenvalue weighted by atomic mass is 16.7. The number of phenolic OH excluding ortho intramolecular Hbond substituents is 1. The topological polar surface area (TPSA) is 106 Å². The number of methoxy groups -OCH3 is 1. The Kier molecular flexibility index (Phi) is 12.9. The van der Waals surface area contributed by atoms with Crippen LogP contribution in [0.15, 0.2) is 36.4 Å². The van der Waals surface area contributed by atoms with Gasteiger partial charge in [-0.05, 0) is 35.4 Å². The predicted molar refractivity (Wildman–Crippen MR) is 127 cm³/mol. The van der Waals surface area contributed by atoms with E-state index in [4.69, 9.17) is 14.2 Å². The molecule has 0 spiro atoms. The Labute approximate surface area is 196 Å². The van der Waals surface area contributed by atoms with Crippen molar-refractivity contribution in [3.63, 3.8) is 0 Å². The zero-order chi connectivity index (χ0) is 24.6. The molecular formula is C25H36N2O6. The molecule has 3 N–H and O–H groups in total. The Morgan fingerprint density at radius 3 is 2.00 bits per heavy atom. The number of phenols is 1. The number of benzene rings is 2. The summed E-state index contributed by atoms with van der Waals surface area (Å²) in [6, 6.07) is 10.3. The van der Waals surface area contributed by atoms with Gasteiger partial charge < -0.3 is 30.0 Å². The number of hydrogen-bond acceptors (Lipinski definition) is 6. The fourth-order valence-corrected chi connectivity index (χ4v) is 2.69. The summed E-state index contributed by atoms with van der Waals surface area (Å²) in [6.07, 6.45) is 1.43. The molecule has 2 aromatic carbocycles. The highest BCUT2D eigenvalue weighted by Crippen LogP contribution is 2.32. The summed E-state index contributed by atoms with van der Waals surface area (Å²) in [5.74, 6) is 1.30. The molecule has 0 fully saturated rings. The molecule has 1 aliphatic heterocycles. The van der Waals surface area contributed by atoms with Crippen LogP contribution in [0.25, 0.3) is 0 Å². The van der Waals surface area contributed by atoms with Crippen LogP contribution in [0.4, 0.5) is 0 Å². The third-order valence-electron chi connectivity index (χ3n) is 4.24. The van der Waals surface area contributed by atoms with Gasteiger partial charge in [0.1, 0.15) is 0 Å². The SMILES string of the molecule is CC.CCC.COc1cc(CNC(=O)CCC(=O)NCc2ccc3c(c2)OCO3)ccc1O. The minimum atomic E-state index is -0.231. The number of ether oxygens (including phenoxy) is 3. The third kappa shape index (κ3) is 9.72. The molecule has 3 rings (SSSR count). The van der Waals surface area contributed by atoms with Gasteiger partial charge in [-0.1, -0.05) is 46.2 Å². The highest BCUT2D eigenvalue weighted by Gasteiger charge is 2.13. The molecule has 1 heterocycles. The third-order valence-corrected chi connectivity index (χ3v) is 4.24. The lowest BCUT2D eigenvalue weighted by Crippen LogP contribution is -2.27. The number of carbonyl (C=O) groups is 2. The van der Waals surface area contributed by atoms with Crippen molar-refractivity contribution in [1.82, 2.24) is 10.6 Å². The lowest BCUT2D eigenvalue weighted by molar-refractivity contribution is -0.126. The number of amides is 2. The molecule has 0 saturated carbocycles. The Morgan fingerprint density at radius 1 is 0.909 bits per heavy atom. The summed E-state index contributed by atoms with van der Waals surface area (Å²) >= 11 is 0. The Morgan fingerprint density at radius 2 is 1.42 bits per heavy atom. The zero-order valence-corrected chi connectivity index (χ0v) is 20.2. The first-order valence-corrected chi connectivity index (χ1v) is 11.2. The van der Waals surface area contributed by atoms with Gasteiger partial charge in [0.05, 0.1) is 7.11 Å². The second-order valence-electron chi connectivity index (χ2n) is 6.95. The van der Waals surface area contributed by atoms with E-state index >= 15 is 0 Å². The molecule has 2 amide bonds. The summed E-state index contributed by atoms with van der Waals surface area (Å²) in [4.78, 5) is 23.9. The van der Waals surface area contributed by atoms with Gasteiger partial charge in [-0.25, -0.2) is 0 Å². The fraction of sp³-hybridized carbons (Fsp3) is 0.440. The number of aromatic hydroxyl groups is 1. The van der Waals surface area contributed by atoms with Gasteiger partial charge in [-0.3, -0.25) is 9.59 Å². The molecule has 182 valence electrons. The maximum atomic E-state index is 12.0. The zero-order valence-electron chi connectivity index (χ0n) is 20.2. The number of hydrogen-bond donors (Lipinski definition) is 3. The van der Waals surface area contributed by atoms with E-state index in [2.05, 4.69) is 24.5 Å². The molecule has 0 aliphatic carbocycles. The van der Waals surface area contributed by atoms with Crippen LogP contribution in [0.1, 0.15) is 58.1 Å². The number of fused-ring (bicyclic) bond motifs is 1. The maximum Gasteiger partial charge on any atom is 0.231 e. The minimum absolute atomic E-state index is 0.0386. The second kappa shape index (κ2) is 15.4. The number of rotatable bonds is 8. The van der Waals surface area contributed by atoms with Crippen molar-refractivity contribution in [2.24, 2.45) is 0 Å². The van der Waals surface area contributed by atoms with Crippen molar-refractivity contribution < 1.29 is 28.9 Å². The van der Waals surface area contributed by atoms with Crippen molar-refractivity contribution in [3.05, 3.63) is 47.5 Å². The quantitative estimate of drug-likeness (QED) is 0.543. The van der Waals surface area contributed by atoms with Gasteiger partial charge in [0.15, 0.2) is 23.0 Å². The average Bonchev–Trinajstić information content (AvgIpc) is 3.30. The summed E-state index contributed by atoms with van der Waals surface area (Å²) in [6.45, 7) is 9.09. The van der Waals surface area contributed by atoms with Crippen molar-refractivity contribution in [2.75, 3.05) is 13.9 Å². The van der Waals surface area contributed by atoms with Crippen LogP contribution in [0.5, 0.6) is 23.0 Å². The molecule has 2 aromatic rings. The molecule has 8 nitrogen and oxygen atoms in total. The lowest BCUT2D eigenvalue weighted by Gasteiger charge is -2.09. The summed E-state index contributed by atoms with van der Waals surface area (Å²) in [7, 11) is 1.46. The molecule has 0 aromatic heterocycles. The van der Waals surface area contributed by atoms with Crippen LogP contribution in [0, 0.1) is 0 Å². The number of carbonyl (C=O) groups excluding carboxylic acids is 2. The van der Waals surface area contributed by atoms with Crippen LogP contribution < -0.4 is 24.8 Å². The first-order chi connectivity index (χ1) is 16.0. The highest BCUT2D eigenvalue weighted by molar-refractivity contribution is 5.83. The van der Waals surface area contributed by atoms with Gasteiger partial charge >= 0.3 is 0 Å². The number of nitrogens with one attached hydrogen (secondary N) is 2. The normalized spacial score (nSPS) is 10.7. The first kappa shape index (κ1) is 27.6. The van der Waals surface area contributed by atoms with E-state index in [9.17, 15) is 14.7 Å². The van der Waals surface area contributed by atoms with Crippen LogP contribution >= 0.6 is 0 Å². The van der Waals surface area contributed by atoms with E-state index in [-0.39, 0.29) is 43.7 Å². The van der Waals surface area contributed by atoms with E-state index in [1.54, 1.807) is 18.2 Å². The van der Waals surface area contributed by atoms with E-state index in [1.807, 2.05) is 26.0 Å². The predicted octanol–water partition coefficient (Wildman–Crippen LogP) is 4.28. The van der Waals surface area contributed by atoms with Crippen molar-refractivity contribution in [2.45, 2.75) is 60.0 Å². The van der Waals surface area contributed by atoms with E-state index in [0.29, 0.717) is 23.8 Å². The summed E-state index contributed by atoms with van der Waals surface area (Å²) in [5.41, 5.74) is 1.68. The Bertz CT molecular complexity index is 858. The molecule has 0 unspecified atom stereocenters. The molecule has 0 bridgehead atoms. The Hall–Kier alpha value is -3.42. The second-order valence-corrected chi connectivity index (χ2v) is 6.95. The largest absolute Gasteiger partial charge is 0.504 e. The monoisotopic (exact) mass is 460 g/mol. The van der Waals surface area contributed by atoms with E-state index in [1.165, 1.54) is 19.6 Å². The molecule has 33 heavy (non-hydrogen) atoms. The van der Waals surface area contributed by atoms with E-state index in [0.717, 1.165) is 11.1 Å². The average molecular weight is 461 g/mol. The molecule has 8 heteroatoms. The van der Waals surface area contributed by atoms with Crippen LogP contribution in [-0.2, 0) is 22.7 Å². The molecule has 0 atom stereocenters. The standard InChI is InChI=1S/C20H22N2O6.C3H8.C2H6/c1-26-17-8-13(2-4-15(17)23)10-21-19(24)6-7-20(25)22-11-14-3-5-16-18(9-14)28-12-27-16;1-3-2;1-2/h2-5,8-9,23H,6-7,10-12H2,1H3,(H,21,24)(H,22,25);3H2,1-2H3;1-2H3. The van der Waals surface area contributed by atoms with Crippen molar-refractivity contribution in [3.8, 4) is 23.0 Å². The Balaban J connectivity index is 0.00000101. The van der Waals surface area contributed by atoms with Gasteiger partial charge in [-0.2, -0.15) is 0 Å². The van der Waals surface area contributed by atoms with Gasteiger partial charge in [-0.15, -0.1) is 0 Å². The van der Waals surface area contributed by atoms with Gasteiger partial charge in [0.2, 0.25) is 18.6 Å². The smallest absolute Gasteiger partial charge is 0.231 e. The van der Waals surface area contributed by atoms with Crippen LogP contribution in [-0.4, -0.2) is 30.8 Å². The first-order valence-electron chi connectivity index (χ1n) is 11.2.